The number of carbonyl (C=O) groups is 1. The van der Waals surface area contributed by atoms with Crippen LogP contribution in [0.25, 0.3) is 0 Å². The van der Waals surface area contributed by atoms with Gasteiger partial charge in [-0.3, -0.25) is 14.9 Å². The number of benzene rings is 1. The van der Waals surface area contributed by atoms with E-state index in [9.17, 15) is 14.9 Å². The topological polar surface area (TPSA) is 89.5 Å². The van der Waals surface area contributed by atoms with Gasteiger partial charge in [-0.1, -0.05) is 25.1 Å². The van der Waals surface area contributed by atoms with Gasteiger partial charge in [-0.05, 0) is 13.0 Å². The molecule has 0 spiro atoms. The van der Waals surface area contributed by atoms with Crippen LogP contribution in [0.3, 0.4) is 0 Å². The number of rotatable bonds is 6. The molecule has 1 rings (SSSR count). The molecule has 1 aromatic carbocycles. The molecule has 104 valence electrons. The molecule has 0 radical (unpaired) electrons. The van der Waals surface area contributed by atoms with Crippen molar-refractivity contribution in [3.8, 4) is 0 Å². The molecule has 0 heterocycles. The normalized spacial score (nSPS) is 11.9. The lowest BCUT2D eigenvalue weighted by molar-refractivity contribution is -0.385. The molecule has 1 unspecified atom stereocenters. The zero-order chi connectivity index (χ0) is 14.4. The van der Waals surface area contributed by atoms with Crippen LogP contribution in [-0.2, 0) is 11.3 Å². The van der Waals surface area contributed by atoms with Crippen molar-refractivity contribution < 1.29 is 9.72 Å². The average Bonchev–Trinajstić information content (AvgIpc) is 2.38. The van der Waals surface area contributed by atoms with E-state index in [2.05, 4.69) is 0 Å². The maximum atomic E-state index is 12.0. The number of para-hydroxylation sites is 1. The van der Waals surface area contributed by atoms with Gasteiger partial charge in [0.25, 0.3) is 5.69 Å². The number of carbonyl (C=O) groups excluding carboxylic acids is 1. The molecule has 1 aromatic rings. The van der Waals surface area contributed by atoms with Gasteiger partial charge in [0.05, 0.1) is 11.5 Å². The lowest BCUT2D eigenvalue weighted by Gasteiger charge is -2.21. The Morgan fingerprint density at radius 3 is 2.68 bits per heavy atom. The Balaban J connectivity index is 2.79. The number of nitro benzene ring substituents is 1. The SMILES string of the molecule is CC(CCN)C(=O)N(C)Cc1ccccc1[N+](=O)[O-]. The van der Waals surface area contributed by atoms with Gasteiger partial charge in [-0.2, -0.15) is 0 Å². The number of hydrogen-bond donors (Lipinski definition) is 1. The summed E-state index contributed by atoms with van der Waals surface area (Å²) in [6, 6.07) is 6.44. The van der Waals surface area contributed by atoms with Gasteiger partial charge in [0, 0.05) is 24.6 Å². The molecular weight excluding hydrogens is 246 g/mol. The van der Waals surface area contributed by atoms with Crippen molar-refractivity contribution in [2.75, 3.05) is 13.6 Å². The zero-order valence-electron chi connectivity index (χ0n) is 11.2. The predicted octanol–water partition coefficient (Wildman–Crippen LogP) is 1.54. The van der Waals surface area contributed by atoms with Crippen LogP contribution in [0.1, 0.15) is 18.9 Å². The lowest BCUT2D eigenvalue weighted by atomic mass is 10.1. The zero-order valence-corrected chi connectivity index (χ0v) is 11.2. The van der Waals surface area contributed by atoms with E-state index in [4.69, 9.17) is 5.73 Å². The van der Waals surface area contributed by atoms with Gasteiger partial charge in [0.1, 0.15) is 0 Å². The van der Waals surface area contributed by atoms with E-state index in [1.165, 1.54) is 11.0 Å². The van der Waals surface area contributed by atoms with Crippen LogP contribution in [0.15, 0.2) is 24.3 Å². The summed E-state index contributed by atoms with van der Waals surface area (Å²) in [5.41, 5.74) is 5.99. The molecule has 6 heteroatoms. The van der Waals surface area contributed by atoms with Crippen LogP contribution in [0.2, 0.25) is 0 Å². The third kappa shape index (κ3) is 4.03. The van der Waals surface area contributed by atoms with Crippen molar-refractivity contribution in [1.82, 2.24) is 4.90 Å². The minimum atomic E-state index is -0.434. The summed E-state index contributed by atoms with van der Waals surface area (Å²) < 4.78 is 0. The quantitative estimate of drug-likeness (QED) is 0.624. The van der Waals surface area contributed by atoms with Gasteiger partial charge in [0.2, 0.25) is 5.91 Å². The van der Waals surface area contributed by atoms with E-state index < -0.39 is 4.92 Å². The smallest absolute Gasteiger partial charge is 0.274 e. The summed E-state index contributed by atoms with van der Waals surface area (Å²) in [7, 11) is 1.64. The van der Waals surface area contributed by atoms with Crippen LogP contribution >= 0.6 is 0 Å². The molecular formula is C13H19N3O3. The highest BCUT2D eigenvalue weighted by molar-refractivity contribution is 5.78. The van der Waals surface area contributed by atoms with Crippen molar-refractivity contribution in [1.29, 1.82) is 0 Å². The Bertz CT molecular complexity index is 462. The third-order valence-electron chi connectivity index (χ3n) is 2.99. The van der Waals surface area contributed by atoms with Crippen LogP contribution in [0.4, 0.5) is 5.69 Å². The van der Waals surface area contributed by atoms with Gasteiger partial charge >= 0.3 is 0 Å². The standard InChI is InChI=1S/C13H19N3O3/c1-10(7-8-14)13(17)15(2)9-11-5-3-4-6-12(11)16(18)19/h3-6,10H,7-9,14H2,1-2H3. The first-order valence-electron chi connectivity index (χ1n) is 6.14. The van der Waals surface area contributed by atoms with Crippen molar-refractivity contribution in [2.24, 2.45) is 11.7 Å². The van der Waals surface area contributed by atoms with Crippen molar-refractivity contribution >= 4 is 11.6 Å². The van der Waals surface area contributed by atoms with E-state index in [-0.39, 0.29) is 24.1 Å². The average molecular weight is 265 g/mol. The molecule has 0 saturated carbocycles. The van der Waals surface area contributed by atoms with Crippen LogP contribution < -0.4 is 5.73 Å². The highest BCUT2D eigenvalue weighted by atomic mass is 16.6. The Hall–Kier alpha value is -1.95. The van der Waals surface area contributed by atoms with Gasteiger partial charge in [-0.15, -0.1) is 0 Å². The Morgan fingerprint density at radius 1 is 1.47 bits per heavy atom. The number of nitrogens with two attached hydrogens (primary N) is 1. The van der Waals surface area contributed by atoms with Crippen molar-refractivity contribution in [3.63, 3.8) is 0 Å². The molecule has 19 heavy (non-hydrogen) atoms. The van der Waals surface area contributed by atoms with Crippen LogP contribution in [0.5, 0.6) is 0 Å². The summed E-state index contributed by atoms with van der Waals surface area (Å²) in [4.78, 5) is 24.0. The van der Waals surface area contributed by atoms with E-state index >= 15 is 0 Å². The number of nitro groups is 1. The maximum Gasteiger partial charge on any atom is 0.274 e. The maximum absolute atomic E-state index is 12.0. The highest BCUT2D eigenvalue weighted by Gasteiger charge is 2.20. The fourth-order valence-electron chi connectivity index (χ4n) is 1.91. The van der Waals surface area contributed by atoms with Crippen LogP contribution in [-0.4, -0.2) is 29.3 Å². The molecule has 0 fully saturated rings. The van der Waals surface area contributed by atoms with E-state index in [1.807, 2.05) is 6.92 Å². The second-order valence-corrected chi connectivity index (χ2v) is 4.56. The summed E-state index contributed by atoms with van der Waals surface area (Å²) >= 11 is 0. The molecule has 0 aliphatic rings. The Labute approximate surface area is 112 Å². The Morgan fingerprint density at radius 2 is 2.11 bits per heavy atom. The molecule has 0 saturated heterocycles. The minimum Gasteiger partial charge on any atom is -0.341 e. The molecule has 2 N–H and O–H groups in total. The number of hydrogen-bond acceptors (Lipinski definition) is 4. The van der Waals surface area contributed by atoms with E-state index in [0.717, 1.165) is 0 Å². The lowest BCUT2D eigenvalue weighted by Crippen LogP contribution is -2.32. The summed E-state index contributed by atoms with van der Waals surface area (Å²) in [5, 5.41) is 10.9. The van der Waals surface area contributed by atoms with Crippen molar-refractivity contribution in [2.45, 2.75) is 19.9 Å². The molecule has 1 amide bonds. The molecule has 0 aliphatic heterocycles. The van der Waals surface area contributed by atoms with Crippen molar-refractivity contribution in [3.05, 3.63) is 39.9 Å². The van der Waals surface area contributed by atoms with E-state index in [1.54, 1.807) is 25.2 Å². The fourth-order valence-corrected chi connectivity index (χ4v) is 1.91. The van der Waals surface area contributed by atoms with Gasteiger partial charge < -0.3 is 10.6 Å². The molecule has 0 aromatic heterocycles. The Kier molecular flexibility index (Phi) is 5.44. The predicted molar refractivity (Wildman–Crippen MR) is 72.4 cm³/mol. The highest BCUT2D eigenvalue weighted by Crippen LogP contribution is 2.19. The first-order valence-corrected chi connectivity index (χ1v) is 6.14. The largest absolute Gasteiger partial charge is 0.341 e. The second kappa shape index (κ2) is 6.84. The first kappa shape index (κ1) is 15.1. The summed E-state index contributed by atoms with van der Waals surface area (Å²) in [5.74, 6) is -0.221. The minimum absolute atomic E-state index is 0.0358. The van der Waals surface area contributed by atoms with E-state index in [0.29, 0.717) is 18.5 Å². The summed E-state index contributed by atoms with van der Waals surface area (Å²) in [6.07, 6.45) is 0.611. The second-order valence-electron chi connectivity index (χ2n) is 4.56. The molecule has 1 atom stereocenters. The van der Waals surface area contributed by atoms with Crippen LogP contribution in [0, 0.1) is 16.0 Å². The monoisotopic (exact) mass is 265 g/mol. The van der Waals surface area contributed by atoms with Gasteiger partial charge in [0.15, 0.2) is 0 Å². The summed E-state index contributed by atoms with van der Waals surface area (Å²) in [6.45, 7) is 2.49. The number of nitrogens with zero attached hydrogens (tertiary/aromatic N) is 2. The first-order chi connectivity index (χ1) is 8.97. The molecule has 0 aliphatic carbocycles. The van der Waals surface area contributed by atoms with Gasteiger partial charge in [-0.25, -0.2) is 0 Å². The molecule has 6 nitrogen and oxygen atoms in total. The fraction of sp³-hybridized carbons (Fsp3) is 0.462. The molecule has 0 bridgehead atoms. The third-order valence-corrected chi connectivity index (χ3v) is 2.99. The number of amides is 1.